The zero-order valence-corrected chi connectivity index (χ0v) is 11.6. The van der Waals surface area contributed by atoms with Crippen molar-refractivity contribution in [2.75, 3.05) is 11.9 Å². The number of nitrogens with zero attached hydrogens (tertiary/aromatic N) is 3. The van der Waals surface area contributed by atoms with Crippen molar-refractivity contribution in [3.05, 3.63) is 53.7 Å². The molecule has 0 fully saturated rings. The molecule has 0 aliphatic heterocycles. The molecule has 0 bridgehead atoms. The third-order valence-corrected chi connectivity index (χ3v) is 3.34. The van der Waals surface area contributed by atoms with Gasteiger partial charge < -0.3 is 4.90 Å². The van der Waals surface area contributed by atoms with Crippen LogP contribution in [-0.4, -0.2) is 12.0 Å². The molecule has 0 amide bonds. The van der Waals surface area contributed by atoms with E-state index in [1.165, 1.54) is 0 Å². The van der Waals surface area contributed by atoms with Crippen LogP contribution in [0, 0.1) is 11.3 Å². The zero-order chi connectivity index (χ0) is 13.0. The second-order valence-electron chi connectivity index (χ2n) is 3.88. The molecule has 0 aliphatic carbocycles. The highest BCUT2D eigenvalue weighted by atomic mass is 79.9. The standard InChI is InChI=1S/C14H12BrN3/c1-18(13-5-2-11(9-16)3-6-13)14-7-4-12(8-15)10-17-14/h2-7,10H,8H2,1H3. The number of hydrogen-bond donors (Lipinski definition) is 0. The van der Waals surface area contributed by atoms with Crippen molar-refractivity contribution in [3.63, 3.8) is 0 Å². The molecule has 1 aromatic carbocycles. The fraction of sp³-hybridized carbons (Fsp3) is 0.143. The Morgan fingerprint density at radius 2 is 1.94 bits per heavy atom. The Bertz CT molecular complexity index is 555. The number of alkyl halides is 1. The SMILES string of the molecule is CN(c1ccc(C#N)cc1)c1ccc(CBr)cn1. The van der Waals surface area contributed by atoms with Crippen molar-refractivity contribution in [2.45, 2.75) is 5.33 Å². The van der Waals surface area contributed by atoms with E-state index in [0.29, 0.717) is 5.56 Å². The third kappa shape index (κ3) is 2.69. The predicted octanol–water partition coefficient (Wildman–Crippen LogP) is 3.62. The van der Waals surface area contributed by atoms with Crippen LogP contribution in [0.5, 0.6) is 0 Å². The third-order valence-electron chi connectivity index (χ3n) is 2.69. The summed E-state index contributed by atoms with van der Waals surface area (Å²) >= 11 is 3.40. The lowest BCUT2D eigenvalue weighted by atomic mass is 10.2. The molecule has 0 unspecified atom stereocenters. The predicted molar refractivity (Wildman–Crippen MR) is 76.1 cm³/mol. The Hall–Kier alpha value is -1.86. The van der Waals surface area contributed by atoms with Crippen LogP contribution in [0.15, 0.2) is 42.6 Å². The van der Waals surface area contributed by atoms with Crippen molar-refractivity contribution in [1.29, 1.82) is 5.26 Å². The number of rotatable bonds is 3. The van der Waals surface area contributed by atoms with Crippen LogP contribution in [0.1, 0.15) is 11.1 Å². The Labute approximate surface area is 115 Å². The molecule has 2 rings (SSSR count). The molecule has 1 aromatic heterocycles. The monoisotopic (exact) mass is 301 g/mol. The first-order valence-corrected chi connectivity index (χ1v) is 6.61. The largest absolute Gasteiger partial charge is 0.329 e. The zero-order valence-electron chi connectivity index (χ0n) is 9.97. The second-order valence-corrected chi connectivity index (χ2v) is 4.44. The lowest BCUT2D eigenvalue weighted by molar-refractivity contribution is 1.11. The van der Waals surface area contributed by atoms with Gasteiger partial charge in [0.2, 0.25) is 0 Å². The van der Waals surface area contributed by atoms with Crippen LogP contribution >= 0.6 is 15.9 Å². The second kappa shape index (κ2) is 5.65. The average Bonchev–Trinajstić information content (AvgIpc) is 2.47. The maximum absolute atomic E-state index is 8.76. The molecule has 3 nitrogen and oxygen atoms in total. The number of halogens is 1. The highest BCUT2D eigenvalue weighted by Gasteiger charge is 2.05. The van der Waals surface area contributed by atoms with E-state index in [-0.39, 0.29) is 0 Å². The molecular formula is C14H12BrN3. The van der Waals surface area contributed by atoms with E-state index in [1.807, 2.05) is 42.4 Å². The molecule has 0 spiro atoms. The number of benzene rings is 1. The van der Waals surface area contributed by atoms with Gasteiger partial charge in [-0.1, -0.05) is 22.0 Å². The average molecular weight is 302 g/mol. The van der Waals surface area contributed by atoms with Gasteiger partial charge in [0.25, 0.3) is 0 Å². The van der Waals surface area contributed by atoms with Gasteiger partial charge in [-0.2, -0.15) is 5.26 Å². The van der Waals surface area contributed by atoms with E-state index in [9.17, 15) is 0 Å². The number of hydrogen-bond acceptors (Lipinski definition) is 3. The van der Waals surface area contributed by atoms with Gasteiger partial charge in [0.05, 0.1) is 11.6 Å². The van der Waals surface area contributed by atoms with E-state index in [4.69, 9.17) is 5.26 Å². The van der Waals surface area contributed by atoms with Crippen LogP contribution in [0.25, 0.3) is 0 Å². The minimum Gasteiger partial charge on any atom is -0.329 e. The molecule has 1 heterocycles. The first-order chi connectivity index (χ1) is 8.74. The molecule has 0 atom stereocenters. The lowest BCUT2D eigenvalue weighted by Crippen LogP contribution is -2.10. The molecule has 0 saturated heterocycles. The van der Waals surface area contributed by atoms with Gasteiger partial charge in [0.1, 0.15) is 5.82 Å². The highest BCUT2D eigenvalue weighted by Crippen LogP contribution is 2.22. The maximum atomic E-state index is 8.76. The highest BCUT2D eigenvalue weighted by molar-refractivity contribution is 9.08. The van der Waals surface area contributed by atoms with E-state index < -0.39 is 0 Å². The fourth-order valence-electron chi connectivity index (χ4n) is 1.59. The fourth-order valence-corrected chi connectivity index (χ4v) is 1.92. The summed E-state index contributed by atoms with van der Waals surface area (Å²) in [6.45, 7) is 0. The molecule has 4 heteroatoms. The molecule has 0 saturated carbocycles. The van der Waals surface area contributed by atoms with Crippen molar-refractivity contribution in [2.24, 2.45) is 0 Å². The Kier molecular flexibility index (Phi) is 3.96. The molecule has 18 heavy (non-hydrogen) atoms. The van der Waals surface area contributed by atoms with Crippen LogP contribution in [0.2, 0.25) is 0 Å². The van der Waals surface area contributed by atoms with Gasteiger partial charge in [-0.05, 0) is 35.9 Å². The van der Waals surface area contributed by atoms with Crippen molar-refractivity contribution >= 4 is 27.4 Å². The molecule has 0 aliphatic rings. The number of nitriles is 1. The molecule has 90 valence electrons. The summed E-state index contributed by atoms with van der Waals surface area (Å²) in [6.07, 6.45) is 1.85. The summed E-state index contributed by atoms with van der Waals surface area (Å²) in [6, 6.07) is 13.6. The first kappa shape index (κ1) is 12.6. The molecule has 0 radical (unpaired) electrons. The topological polar surface area (TPSA) is 39.9 Å². The Morgan fingerprint density at radius 3 is 2.44 bits per heavy atom. The van der Waals surface area contributed by atoms with E-state index >= 15 is 0 Å². The summed E-state index contributed by atoms with van der Waals surface area (Å²) < 4.78 is 0. The smallest absolute Gasteiger partial charge is 0.132 e. The molecular weight excluding hydrogens is 290 g/mol. The van der Waals surface area contributed by atoms with Gasteiger partial charge in [0.15, 0.2) is 0 Å². The van der Waals surface area contributed by atoms with Gasteiger partial charge in [-0.15, -0.1) is 0 Å². The van der Waals surface area contributed by atoms with Gasteiger partial charge in [-0.3, -0.25) is 0 Å². The minimum atomic E-state index is 0.662. The maximum Gasteiger partial charge on any atom is 0.132 e. The van der Waals surface area contributed by atoms with Gasteiger partial charge >= 0.3 is 0 Å². The number of anilines is 2. The summed E-state index contributed by atoms with van der Waals surface area (Å²) in [4.78, 5) is 6.38. The van der Waals surface area contributed by atoms with Crippen LogP contribution < -0.4 is 4.90 Å². The summed E-state index contributed by atoms with van der Waals surface area (Å²) in [5.41, 5.74) is 2.81. The Balaban J connectivity index is 2.23. The lowest BCUT2D eigenvalue weighted by Gasteiger charge is -2.18. The van der Waals surface area contributed by atoms with Crippen LogP contribution in [0.4, 0.5) is 11.5 Å². The normalized spacial score (nSPS) is 9.83. The quantitative estimate of drug-likeness (QED) is 0.813. The van der Waals surface area contributed by atoms with Gasteiger partial charge in [-0.25, -0.2) is 4.98 Å². The summed E-state index contributed by atoms with van der Waals surface area (Å²) in [5.74, 6) is 0.879. The number of pyridine rings is 1. The van der Waals surface area contributed by atoms with E-state index in [2.05, 4.69) is 27.0 Å². The van der Waals surface area contributed by atoms with Crippen molar-refractivity contribution in [1.82, 2.24) is 4.98 Å². The van der Waals surface area contributed by atoms with E-state index in [1.54, 1.807) is 12.1 Å². The van der Waals surface area contributed by atoms with Crippen molar-refractivity contribution in [3.8, 4) is 6.07 Å². The van der Waals surface area contributed by atoms with Crippen molar-refractivity contribution < 1.29 is 0 Å². The van der Waals surface area contributed by atoms with Gasteiger partial charge in [0, 0.05) is 24.3 Å². The van der Waals surface area contributed by atoms with E-state index in [0.717, 1.165) is 22.4 Å². The number of aromatic nitrogens is 1. The first-order valence-electron chi connectivity index (χ1n) is 5.49. The Morgan fingerprint density at radius 1 is 1.22 bits per heavy atom. The minimum absolute atomic E-state index is 0.662. The molecule has 2 aromatic rings. The van der Waals surface area contributed by atoms with Crippen LogP contribution in [-0.2, 0) is 5.33 Å². The summed E-state index contributed by atoms with van der Waals surface area (Å²) in [5, 5.41) is 9.57. The summed E-state index contributed by atoms with van der Waals surface area (Å²) in [7, 11) is 1.96. The van der Waals surface area contributed by atoms with Crippen LogP contribution in [0.3, 0.4) is 0 Å². The molecule has 0 N–H and O–H groups in total.